The fraction of sp³-hybridized carbons (Fsp3) is 0.615. The van der Waals surface area contributed by atoms with E-state index in [0.29, 0.717) is 17.8 Å². The summed E-state index contributed by atoms with van der Waals surface area (Å²) in [7, 11) is 0. The van der Waals surface area contributed by atoms with E-state index in [0.717, 1.165) is 0 Å². The predicted octanol–water partition coefficient (Wildman–Crippen LogP) is 0.587. The van der Waals surface area contributed by atoms with Crippen molar-refractivity contribution in [2.24, 2.45) is 0 Å². The normalized spacial score (nSPS) is 12.8. The summed E-state index contributed by atoms with van der Waals surface area (Å²) >= 11 is 0. The number of rotatable bonds is 4. The summed E-state index contributed by atoms with van der Waals surface area (Å²) in [5, 5.41) is 12.0. The van der Waals surface area contributed by atoms with Crippen LogP contribution < -0.4 is 16.4 Å². The third kappa shape index (κ3) is 3.97. The van der Waals surface area contributed by atoms with E-state index in [-0.39, 0.29) is 17.1 Å². The molecule has 7 nitrogen and oxygen atoms in total. The van der Waals surface area contributed by atoms with Crippen molar-refractivity contribution in [3.05, 3.63) is 11.4 Å². The Balaban J connectivity index is 2.70. The molecule has 0 aliphatic heterocycles. The number of aromatic amines is 1. The van der Waals surface area contributed by atoms with Crippen LogP contribution in [0.1, 0.15) is 50.8 Å². The largest absolute Gasteiger partial charge is 0.395 e. The van der Waals surface area contributed by atoms with Gasteiger partial charge in [-0.2, -0.15) is 5.10 Å². The van der Waals surface area contributed by atoms with Gasteiger partial charge in [0.2, 0.25) is 5.91 Å². The number of nitrogens with zero attached hydrogens (tertiary/aromatic N) is 1. The minimum Gasteiger partial charge on any atom is -0.395 e. The number of anilines is 1. The summed E-state index contributed by atoms with van der Waals surface area (Å²) in [5.41, 5.74) is 6.62. The Morgan fingerprint density at radius 1 is 1.40 bits per heavy atom. The van der Waals surface area contributed by atoms with Gasteiger partial charge in [-0.05, 0) is 34.1 Å². The molecule has 0 radical (unpaired) electrons. The van der Waals surface area contributed by atoms with Gasteiger partial charge in [0.15, 0.2) is 5.69 Å². The van der Waals surface area contributed by atoms with E-state index >= 15 is 0 Å². The highest BCUT2D eigenvalue weighted by Gasteiger charge is 2.23. The van der Waals surface area contributed by atoms with Gasteiger partial charge in [-0.25, -0.2) is 0 Å². The van der Waals surface area contributed by atoms with Crippen LogP contribution in [0.25, 0.3) is 0 Å². The van der Waals surface area contributed by atoms with Crippen LogP contribution >= 0.6 is 0 Å². The molecule has 1 rings (SSSR count). The SMILES string of the molecule is CCc1[nH]nc(C(=O)NC(C)C(=O)NC(C)(C)C)c1N. The summed E-state index contributed by atoms with van der Waals surface area (Å²) in [5.74, 6) is -0.717. The number of H-pyrrole nitrogens is 1. The van der Waals surface area contributed by atoms with Gasteiger partial charge in [0, 0.05) is 5.54 Å². The van der Waals surface area contributed by atoms with Gasteiger partial charge < -0.3 is 16.4 Å². The smallest absolute Gasteiger partial charge is 0.274 e. The Morgan fingerprint density at radius 3 is 2.45 bits per heavy atom. The Kier molecular flexibility index (Phi) is 4.75. The number of hydrogen-bond acceptors (Lipinski definition) is 4. The van der Waals surface area contributed by atoms with Gasteiger partial charge in [-0.3, -0.25) is 14.7 Å². The molecule has 1 aromatic heterocycles. The molecule has 0 aliphatic rings. The number of hydrogen-bond donors (Lipinski definition) is 4. The van der Waals surface area contributed by atoms with Crippen molar-refractivity contribution in [1.82, 2.24) is 20.8 Å². The average Bonchev–Trinajstić information content (AvgIpc) is 2.68. The maximum Gasteiger partial charge on any atom is 0.274 e. The fourth-order valence-electron chi connectivity index (χ4n) is 1.64. The lowest BCUT2D eigenvalue weighted by Crippen LogP contribution is -2.50. The summed E-state index contributed by atoms with van der Waals surface area (Å²) < 4.78 is 0. The second-order valence-electron chi connectivity index (χ2n) is 5.75. The molecule has 1 aromatic rings. The van der Waals surface area contributed by atoms with Crippen LogP contribution in [-0.4, -0.2) is 33.6 Å². The van der Waals surface area contributed by atoms with Crippen molar-refractivity contribution >= 4 is 17.5 Å². The van der Waals surface area contributed by atoms with E-state index in [2.05, 4.69) is 20.8 Å². The molecular weight excluding hydrogens is 258 g/mol. The van der Waals surface area contributed by atoms with Gasteiger partial charge in [0.05, 0.1) is 11.4 Å². The second-order valence-corrected chi connectivity index (χ2v) is 5.75. The van der Waals surface area contributed by atoms with Crippen molar-refractivity contribution < 1.29 is 9.59 Å². The quantitative estimate of drug-likeness (QED) is 0.646. The van der Waals surface area contributed by atoms with Crippen molar-refractivity contribution in [3.8, 4) is 0 Å². The van der Waals surface area contributed by atoms with Crippen LogP contribution in [-0.2, 0) is 11.2 Å². The van der Waals surface area contributed by atoms with Crippen LogP contribution in [0, 0.1) is 0 Å². The molecule has 0 fully saturated rings. The highest BCUT2D eigenvalue weighted by molar-refractivity contribution is 6.00. The fourth-order valence-corrected chi connectivity index (χ4v) is 1.64. The molecule has 7 heteroatoms. The van der Waals surface area contributed by atoms with Crippen LogP contribution in [0.3, 0.4) is 0 Å². The molecule has 1 unspecified atom stereocenters. The first-order chi connectivity index (χ1) is 9.15. The number of aromatic nitrogens is 2. The van der Waals surface area contributed by atoms with Crippen molar-refractivity contribution in [2.75, 3.05) is 5.73 Å². The molecule has 0 spiro atoms. The molecule has 0 saturated heterocycles. The maximum absolute atomic E-state index is 12.0. The van der Waals surface area contributed by atoms with E-state index < -0.39 is 11.9 Å². The lowest BCUT2D eigenvalue weighted by Gasteiger charge is -2.23. The first-order valence-electron chi connectivity index (χ1n) is 6.61. The van der Waals surface area contributed by atoms with Crippen molar-refractivity contribution in [1.29, 1.82) is 0 Å². The average molecular weight is 281 g/mol. The molecule has 0 saturated carbocycles. The number of nitrogens with two attached hydrogens (primary N) is 1. The highest BCUT2D eigenvalue weighted by Crippen LogP contribution is 2.14. The lowest BCUT2D eigenvalue weighted by atomic mass is 10.1. The molecule has 1 heterocycles. The Labute approximate surface area is 118 Å². The van der Waals surface area contributed by atoms with Gasteiger partial charge in [0.25, 0.3) is 5.91 Å². The number of amides is 2. The molecule has 0 bridgehead atoms. The summed E-state index contributed by atoms with van der Waals surface area (Å²) in [4.78, 5) is 23.9. The van der Waals surface area contributed by atoms with Crippen molar-refractivity contribution in [3.63, 3.8) is 0 Å². The summed E-state index contributed by atoms with van der Waals surface area (Å²) in [6.45, 7) is 9.14. The highest BCUT2D eigenvalue weighted by atomic mass is 16.2. The van der Waals surface area contributed by atoms with Crippen LogP contribution in [0.4, 0.5) is 5.69 Å². The first kappa shape index (κ1) is 16.0. The number of carbonyl (C=O) groups excluding carboxylic acids is 2. The lowest BCUT2D eigenvalue weighted by molar-refractivity contribution is -0.124. The molecule has 20 heavy (non-hydrogen) atoms. The van der Waals surface area contributed by atoms with E-state index in [1.165, 1.54) is 0 Å². The second kappa shape index (κ2) is 5.94. The number of nitrogens with one attached hydrogen (secondary N) is 3. The third-order valence-electron chi connectivity index (χ3n) is 2.69. The van der Waals surface area contributed by atoms with E-state index in [9.17, 15) is 9.59 Å². The molecule has 1 atom stereocenters. The number of nitrogen functional groups attached to an aromatic ring is 1. The number of carbonyl (C=O) groups is 2. The Bertz CT molecular complexity index is 501. The molecule has 5 N–H and O–H groups in total. The predicted molar refractivity (Wildman–Crippen MR) is 77.2 cm³/mol. The Hall–Kier alpha value is -2.05. The van der Waals surface area contributed by atoms with Gasteiger partial charge in [-0.15, -0.1) is 0 Å². The van der Waals surface area contributed by atoms with E-state index in [1.54, 1.807) is 6.92 Å². The zero-order chi connectivity index (χ0) is 15.5. The zero-order valence-electron chi connectivity index (χ0n) is 12.6. The Morgan fingerprint density at radius 2 is 2.00 bits per heavy atom. The molecule has 0 aromatic carbocycles. The topological polar surface area (TPSA) is 113 Å². The van der Waals surface area contributed by atoms with Crippen LogP contribution in [0.15, 0.2) is 0 Å². The molecule has 2 amide bonds. The van der Waals surface area contributed by atoms with Gasteiger partial charge in [-0.1, -0.05) is 6.92 Å². The van der Waals surface area contributed by atoms with Crippen LogP contribution in [0.2, 0.25) is 0 Å². The number of aryl methyl sites for hydroxylation is 1. The first-order valence-corrected chi connectivity index (χ1v) is 6.61. The van der Waals surface area contributed by atoms with E-state index in [1.807, 2.05) is 27.7 Å². The monoisotopic (exact) mass is 281 g/mol. The zero-order valence-corrected chi connectivity index (χ0v) is 12.6. The molecular formula is C13H23N5O2. The van der Waals surface area contributed by atoms with E-state index in [4.69, 9.17) is 5.73 Å². The summed E-state index contributed by atoms with van der Waals surface area (Å²) in [6, 6.07) is -0.664. The molecule has 0 aliphatic carbocycles. The third-order valence-corrected chi connectivity index (χ3v) is 2.69. The minimum absolute atomic E-state index is 0.122. The molecule has 112 valence electrons. The summed E-state index contributed by atoms with van der Waals surface area (Å²) in [6.07, 6.45) is 0.659. The van der Waals surface area contributed by atoms with Crippen molar-refractivity contribution in [2.45, 2.75) is 52.6 Å². The van der Waals surface area contributed by atoms with Gasteiger partial charge in [0.1, 0.15) is 6.04 Å². The minimum atomic E-state index is -0.664. The maximum atomic E-state index is 12.0. The standard InChI is InChI=1S/C13H23N5O2/c1-6-8-9(14)10(18-17-8)12(20)15-7(2)11(19)16-13(3,4)5/h7H,6,14H2,1-5H3,(H,15,20)(H,16,19)(H,17,18). The van der Waals surface area contributed by atoms with Gasteiger partial charge >= 0.3 is 0 Å². The van der Waals surface area contributed by atoms with Crippen LogP contribution in [0.5, 0.6) is 0 Å².